The lowest BCUT2D eigenvalue weighted by Crippen LogP contribution is -2.23. The average molecular weight is 262 g/mol. The first-order valence-electron chi connectivity index (χ1n) is 4.35. The third kappa shape index (κ3) is 2.19. The van der Waals surface area contributed by atoms with Gasteiger partial charge in [-0.15, -0.1) is 5.10 Å². The summed E-state index contributed by atoms with van der Waals surface area (Å²) in [5.41, 5.74) is 0.311. The van der Waals surface area contributed by atoms with Gasteiger partial charge in [-0.3, -0.25) is 4.79 Å². The molecule has 5 nitrogen and oxygen atoms in total. The van der Waals surface area contributed by atoms with Crippen molar-refractivity contribution in [3.8, 4) is 0 Å². The zero-order valence-corrected chi connectivity index (χ0v) is 9.65. The summed E-state index contributed by atoms with van der Waals surface area (Å²) in [5, 5.41) is 16.8. The van der Waals surface area contributed by atoms with E-state index in [1.165, 1.54) is 4.68 Å². The minimum atomic E-state index is -0.964. The molecule has 0 saturated carbocycles. The molecule has 14 heavy (non-hydrogen) atoms. The smallest absolute Gasteiger partial charge is 0.212 e. The van der Waals surface area contributed by atoms with Gasteiger partial charge in [0.2, 0.25) is 5.78 Å². The molecular formula is C8H12BrN3O2. The number of rotatable bonds is 4. The van der Waals surface area contributed by atoms with Crippen LogP contribution in [0.4, 0.5) is 0 Å². The highest BCUT2D eigenvalue weighted by atomic mass is 79.9. The topological polar surface area (TPSA) is 68.0 Å². The summed E-state index contributed by atoms with van der Waals surface area (Å²) in [7, 11) is 1.61. The van der Waals surface area contributed by atoms with Gasteiger partial charge in [0.1, 0.15) is 11.8 Å². The Morgan fingerprint density at radius 3 is 2.79 bits per heavy atom. The summed E-state index contributed by atoms with van der Waals surface area (Å²) >= 11 is 3.11. The van der Waals surface area contributed by atoms with Crippen LogP contribution in [0, 0.1) is 0 Å². The van der Waals surface area contributed by atoms with Crippen LogP contribution in [-0.4, -0.2) is 32.0 Å². The van der Waals surface area contributed by atoms with E-state index in [9.17, 15) is 9.90 Å². The highest BCUT2D eigenvalue weighted by Crippen LogP contribution is 2.15. The summed E-state index contributed by atoms with van der Waals surface area (Å²) in [6.45, 7) is 1.91. The Balaban J connectivity index is 2.88. The van der Waals surface area contributed by atoms with Crippen LogP contribution in [0.3, 0.4) is 0 Å². The van der Waals surface area contributed by atoms with Crippen LogP contribution in [0.25, 0.3) is 0 Å². The van der Waals surface area contributed by atoms with E-state index in [2.05, 4.69) is 26.2 Å². The molecule has 0 radical (unpaired) electrons. The fourth-order valence-electron chi connectivity index (χ4n) is 1.16. The zero-order chi connectivity index (χ0) is 10.7. The minimum absolute atomic E-state index is 0.311. The number of aromatic nitrogens is 3. The van der Waals surface area contributed by atoms with Gasteiger partial charge in [0.15, 0.2) is 4.60 Å². The summed E-state index contributed by atoms with van der Waals surface area (Å²) in [6, 6.07) is 0. The van der Waals surface area contributed by atoms with Gasteiger partial charge < -0.3 is 5.11 Å². The molecule has 1 atom stereocenters. The van der Waals surface area contributed by atoms with Crippen LogP contribution >= 0.6 is 15.9 Å². The number of hydrogen-bond acceptors (Lipinski definition) is 4. The first-order chi connectivity index (χ1) is 6.57. The lowest BCUT2D eigenvalue weighted by Gasteiger charge is -2.07. The van der Waals surface area contributed by atoms with Crippen molar-refractivity contribution in [1.29, 1.82) is 0 Å². The molecule has 1 heterocycles. The predicted octanol–water partition coefficient (Wildman–Crippen LogP) is 0.921. The van der Waals surface area contributed by atoms with Crippen molar-refractivity contribution in [3.63, 3.8) is 0 Å². The number of carbonyl (C=O) groups is 1. The van der Waals surface area contributed by atoms with Crippen LogP contribution in [0.5, 0.6) is 0 Å². The maximum Gasteiger partial charge on any atom is 0.212 e. The molecule has 0 aliphatic carbocycles. The van der Waals surface area contributed by atoms with Crippen LogP contribution in [0.2, 0.25) is 0 Å². The molecule has 0 aliphatic rings. The Morgan fingerprint density at radius 1 is 1.71 bits per heavy atom. The van der Waals surface area contributed by atoms with Crippen molar-refractivity contribution in [1.82, 2.24) is 15.0 Å². The average Bonchev–Trinajstić information content (AvgIpc) is 2.46. The van der Waals surface area contributed by atoms with Crippen molar-refractivity contribution in [2.45, 2.75) is 25.9 Å². The second-order valence-electron chi connectivity index (χ2n) is 3.02. The third-order valence-corrected chi connectivity index (χ3v) is 2.42. The van der Waals surface area contributed by atoms with E-state index in [4.69, 9.17) is 0 Å². The SMILES string of the molecule is CCCC(O)C(=O)c1c(Br)nnn1C. The van der Waals surface area contributed by atoms with Gasteiger partial charge in [0, 0.05) is 7.05 Å². The second kappa shape index (κ2) is 4.65. The molecule has 0 saturated heterocycles. The zero-order valence-electron chi connectivity index (χ0n) is 8.07. The van der Waals surface area contributed by atoms with Crippen LogP contribution in [-0.2, 0) is 7.05 Å². The van der Waals surface area contributed by atoms with Gasteiger partial charge in [-0.1, -0.05) is 18.6 Å². The Hall–Kier alpha value is -0.750. The van der Waals surface area contributed by atoms with Crippen molar-refractivity contribution in [2.75, 3.05) is 0 Å². The van der Waals surface area contributed by atoms with Crippen LogP contribution in [0.1, 0.15) is 30.3 Å². The number of aliphatic hydroxyl groups is 1. The van der Waals surface area contributed by atoms with Crippen molar-refractivity contribution >= 4 is 21.7 Å². The predicted molar refractivity (Wildman–Crippen MR) is 53.9 cm³/mol. The number of halogens is 1. The number of hydrogen-bond donors (Lipinski definition) is 1. The molecule has 0 spiro atoms. The van der Waals surface area contributed by atoms with Gasteiger partial charge in [-0.25, -0.2) is 4.68 Å². The maximum atomic E-state index is 11.7. The summed E-state index contributed by atoms with van der Waals surface area (Å²) < 4.78 is 1.73. The van der Waals surface area contributed by atoms with Crippen LogP contribution in [0.15, 0.2) is 4.60 Å². The first kappa shape index (κ1) is 11.3. The Bertz CT molecular complexity index is 318. The highest BCUT2D eigenvalue weighted by Gasteiger charge is 2.23. The lowest BCUT2D eigenvalue weighted by molar-refractivity contribution is 0.0718. The van der Waals surface area contributed by atoms with E-state index in [1.54, 1.807) is 7.05 Å². The van der Waals surface area contributed by atoms with Gasteiger partial charge in [0.25, 0.3) is 0 Å². The monoisotopic (exact) mass is 261 g/mol. The molecular weight excluding hydrogens is 250 g/mol. The summed E-state index contributed by atoms with van der Waals surface area (Å²) in [5.74, 6) is -0.341. The number of nitrogens with zero attached hydrogens (tertiary/aromatic N) is 3. The second-order valence-corrected chi connectivity index (χ2v) is 3.77. The molecule has 1 aromatic heterocycles. The molecule has 1 N–H and O–H groups in total. The maximum absolute atomic E-state index is 11.7. The van der Waals surface area contributed by atoms with Crippen molar-refractivity contribution in [2.24, 2.45) is 7.05 Å². The number of aryl methyl sites for hydroxylation is 1. The molecule has 0 aliphatic heterocycles. The van der Waals surface area contributed by atoms with Crippen molar-refractivity contribution < 1.29 is 9.90 Å². The third-order valence-electron chi connectivity index (χ3n) is 1.88. The molecule has 1 rings (SSSR count). The Morgan fingerprint density at radius 2 is 2.36 bits per heavy atom. The Labute approximate surface area is 90.2 Å². The number of Topliss-reactive ketones (excluding diaryl/α,β-unsaturated/α-hetero) is 1. The molecule has 78 valence electrons. The lowest BCUT2D eigenvalue weighted by atomic mass is 10.1. The van der Waals surface area contributed by atoms with Crippen molar-refractivity contribution in [3.05, 3.63) is 10.3 Å². The highest BCUT2D eigenvalue weighted by molar-refractivity contribution is 9.10. The van der Waals surface area contributed by atoms with Gasteiger partial charge in [-0.2, -0.15) is 0 Å². The molecule has 0 fully saturated rings. The standard InChI is InChI=1S/C8H12BrN3O2/c1-3-4-5(13)7(14)6-8(9)10-11-12(6)2/h5,13H,3-4H2,1-2H3. The van der Waals surface area contributed by atoms with Crippen LogP contribution < -0.4 is 0 Å². The van der Waals surface area contributed by atoms with E-state index in [-0.39, 0.29) is 5.78 Å². The normalized spacial score (nSPS) is 12.9. The van der Waals surface area contributed by atoms with E-state index >= 15 is 0 Å². The summed E-state index contributed by atoms with van der Waals surface area (Å²) in [4.78, 5) is 11.7. The number of ketones is 1. The molecule has 1 aromatic rings. The fourth-order valence-corrected chi connectivity index (χ4v) is 1.68. The molecule has 6 heteroatoms. The molecule has 0 bridgehead atoms. The largest absolute Gasteiger partial charge is 0.385 e. The van der Waals surface area contributed by atoms with E-state index in [0.29, 0.717) is 16.7 Å². The molecule has 0 aromatic carbocycles. The van der Waals surface area contributed by atoms with Gasteiger partial charge in [0.05, 0.1) is 0 Å². The van der Waals surface area contributed by atoms with Gasteiger partial charge in [-0.05, 0) is 22.4 Å². The van der Waals surface area contributed by atoms with E-state index < -0.39 is 6.10 Å². The molecule has 1 unspecified atom stereocenters. The van der Waals surface area contributed by atoms with E-state index in [0.717, 1.165) is 6.42 Å². The van der Waals surface area contributed by atoms with E-state index in [1.807, 2.05) is 6.92 Å². The minimum Gasteiger partial charge on any atom is -0.385 e. The number of carbonyl (C=O) groups excluding carboxylic acids is 1. The van der Waals surface area contributed by atoms with Gasteiger partial charge >= 0.3 is 0 Å². The number of aliphatic hydroxyl groups excluding tert-OH is 1. The quantitative estimate of drug-likeness (QED) is 0.819. The summed E-state index contributed by atoms with van der Waals surface area (Å²) in [6.07, 6.45) is 0.250. The molecule has 0 amide bonds. The fraction of sp³-hybridized carbons (Fsp3) is 0.625. The first-order valence-corrected chi connectivity index (χ1v) is 5.14. The Kier molecular flexibility index (Phi) is 3.77.